The minimum absolute atomic E-state index is 0.00115. The number of carbonyl (C=O) groups excluding carboxylic acids is 2. The molecule has 0 saturated carbocycles. The first-order chi connectivity index (χ1) is 13.5. The minimum Gasteiger partial charge on any atom is -0.495 e. The summed E-state index contributed by atoms with van der Waals surface area (Å²) in [6, 6.07) is 15.0. The largest absolute Gasteiger partial charge is 0.495 e. The monoisotopic (exact) mass is 382 g/mol. The predicted octanol–water partition coefficient (Wildman–Crippen LogP) is 1.63. The number of quaternary nitrogens is 1. The van der Waals surface area contributed by atoms with Crippen LogP contribution in [0, 0.1) is 0 Å². The van der Waals surface area contributed by atoms with Crippen molar-refractivity contribution in [1.82, 2.24) is 0 Å². The highest BCUT2D eigenvalue weighted by molar-refractivity contribution is 5.95. The molecule has 1 atom stereocenters. The van der Waals surface area contributed by atoms with E-state index in [0.29, 0.717) is 11.4 Å². The van der Waals surface area contributed by atoms with Crippen molar-refractivity contribution in [3.63, 3.8) is 0 Å². The van der Waals surface area contributed by atoms with Crippen molar-refractivity contribution in [2.45, 2.75) is 19.9 Å². The molecule has 2 aromatic carbocycles. The van der Waals surface area contributed by atoms with Gasteiger partial charge in [-0.05, 0) is 50.2 Å². The van der Waals surface area contributed by atoms with Crippen molar-refractivity contribution in [1.29, 1.82) is 0 Å². The molecule has 6 heteroatoms. The Kier molecular flexibility index (Phi) is 6.31. The van der Waals surface area contributed by atoms with Crippen LogP contribution in [0.1, 0.15) is 24.2 Å². The minimum atomic E-state index is -0.146. The van der Waals surface area contributed by atoms with Gasteiger partial charge in [0.25, 0.3) is 5.91 Å². The zero-order valence-electron chi connectivity index (χ0n) is 16.7. The van der Waals surface area contributed by atoms with Crippen LogP contribution in [-0.4, -0.2) is 51.0 Å². The van der Waals surface area contributed by atoms with Crippen LogP contribution < -0.4 is 19.9 Å². The zero-order valence-corrected chi connectivity index (χ0v) is 16.7. The molecule has 0 radical (unpaired) electrons. The molecule has 0 aliphatic carbocycles. The molecular weight excluding hydrogens is 354 g/mol. The summed E-state index contributed by atoms with van der Waals surface area (Å²) in [6.45, 7) is 7.07. The van der Waals surface area contributed by atoms with E-state index in [-0.39, 0.29) is 17.7 Å². The molecule has 2 aromatic rings. The molecule has 148 valence electrons. The number of amides is 1. The van der Waals surface area contributed by atoms with Crippen LogP contribution in [0.15, 0.2) is 48.5 Å². The first kappa shape index (κ1) is 19.9. The summed E-state index contributed by atoms with van der Waals surface area (Å²) in [5.41, 5.74) is 2.55. The number of nitrogens with one attached hydrogen (secondary N) is 2. The van der Waals surface area contributed by atoms with Crippen LogP contribution in [-0.2, 0) is 4.79 Å². The molecule has 1 aliphatic rings. The molecule has 1 heterocycles. The lowest BCUT2D eigenvalue weighted by Crippen LogP contribution is -3.19. The van der Waals surface area contributed by atoms with Crippen molar-refractivity contribution in [2.75, 3.05) is 43.5 Å². The van der Waals surface area contributed by atoms with E-state index in [1.807, 2.05) is 55.5 Å². The van der Waals surface area contributed by atoms with Crippen molar-refractivity contribution < 1.29 is 19.2 Å². The third kappa shape index (κ3) is 4.51. The summed E-state index contributed by atoms with van der Waals surface area (Å²) in [4.78, 5) is 27.7. The highest BCUT2D eigenvalue weighted by Gasteiger charge is 2.29. The van der Waals surface area contributed by atoms with Gasteiger partial charge in [-0.2, -0.15) is 0 Å². The van der Waals surface area contributed by atoms with E-state index in [2.05, 4.69) is 10.2 Å². The lowest BCUT2D eigenvalue weighted by molar-refractivity contribution is -0.914. The zero-order chi connectivity index (χ0) is 20.1. The van der Waals surface area contributed by atoms with Gasteiger partial charge in [0.2, 0.25) is 0 Å². The Balaban J connectivity index is 1.56. The fourth-order valence-electron chi connectivity index (χ4n) is 3.57. The van der Waals surface area contributed by atoms with E-state index in [1.54, 1.807) is 14.0 Å². The maximum absolute atomic E-state index is 12.7. The van der Waals surface area contributed by atoms with Gasteiger partial charge >= 0.3 is 0 Å². The van der Waals surface area contributed by atoms with E-state index in [4.69, 9.17) is 4.74 Å². The summed E-state index contributed by atoms with van der Waals surface area (Å²) >= 11 is 0. The number of Topliss-reactive ketones (excluding diaryl/α,β-unsaturated/α-hetero) is 1. The average Bonchev–Trinajstić information content (AvgIpc) is 2.73. The topological polar surface area (TPSA) is 63.1 Å². The number of methoxy groups -OCH3 is 1. The molecule has 1 aliphatic heterocycles. The van der Waals surface area contributed by atoms with Crippen LogP contribution in [0.25, 0.3) is 0 Å². The van der Waals surface area contributed by atoms with Crippen molar-refractivity contribution in [2.24, 2.45) is 0 Å². The molecule has 0 unspecified atom stereocenters. The lowest BCUT2D eigenvalue weighted by Gasteiger charge is -2.36. The van der Waals surface area contributed by atoms with Gasteiger partial charge in [0.15, 0.2) is 11.8 Å². The number of para-hydroxylation sites is 2. The Bertz CT molecular complexity index is 827. The number of anilines is 2. The number of nitrogens with zero attached hydrogens (tertiary/aromatic N) is 1. The molecule has 1 amide bonds. The second kappa shape index (κ2) is 8.89. The molecule has 28 heavy (non-hydrogen) atoms. The fraction of sp³-hybridized carbons (Fsp3) is 0.364. The Morgan fingerprint density at radius 2 is 1.71 bits per heavy atom. The standard InChI is InChI=1S/C22H27N3O3/c1-16(22(27)23-20-6-4-5-7-21(20)28-3)24-12-14-25(15-13-24)19-10-8-18(9-11-19)17(2)26/h4-11,16H,12-15H2,1-3H3,(H,23,27)/p+1/t16-/m0/s1. The maximum atomic E-state index is 12.7. The highest BCUT2D eigenvalue weighted by atomic mass is 16.5. The van der Waals surface area contributed by atoms with Crippen molar-refractivity contribution in [3.05, 3.63) is 54.1 Å². The Labute approximate surface area is 166 Å². The first-order valence-corrected chi connectivity index (χ1v) is 9.64. The highest BCUT2D eigenvalue weighted by Crippen LogP contribution is 2.23. The smallest absolute Gasteiger partial charge is 0.282 e. The summed E-state index contributed by atoms with van der Waals surface area (Å²) in [7, 11) is 1.60. The third-order valence-corrected chi connectivity index (χ3v) is 5.42. The third-order valence-electron chi connectivity index (χ3n) is 5.42. The van der Waals surface area contributed by atoms with Gasteiger partial charge in [0, 0.05) is 11.3 Å². The van der Waals surface area contributed by atoms with Crippen molar-refractivity contribution in [3.8, 4) is 5.75 Å². The van der Waals surface area contributed by atoms with E-state index < -0.39 is 0 Å². The number of benzene rings is 2. The normalized spacial score (nSPS) is 15.8. The van der Waals surface area contributed by atoms with Crippen LogP contribution >= 0.6 is 0 Å². The number of ketones is 1. The first-order valence-electron chi connectivity index (χ1n) is 9.64. The Morgan fingerprint density at radius 3 is 2.32 bits per heavy atom. The van der Waals surface area contributed by atoms with Gasteiger partial charge in [-0.1, -0.05) is 12.1 Å². The van der Waals surface area contributed by atoms with Crippen LogP contribution in [0.5, 0.6) is 5.75 Å². The molecule has 3 rings (SSSR count). The molecule has 0 aromatic heterocycles. The van der Waals surface area contributed by atoms with Gasteiger partial charge in [-0.25, -0.2) is 0 Å². The maximum Gasteiger partial charge on any atom is 0.282 e. The average molecular weight is 382 g/mol. The molecule has 2 N–H and O–H groups in total. The Hall–Kier alpha value is -2.86. The number of piperazine rings is 1. The summed E-state index contributed by atoms with van der Waals surface area (Å²) in [5.74, 6) is 0.742. The molecule has 0 bridgehead atoms. The fourth-order valence-corrected chi connectivity index (χ4v) is 3.57. The van der Waals surface area contributed by atoms with Gasteiger partial charge < -0.3 is 19.9 Å². The number of rotatable bonds is 6. The van der Waals surface area contributed by atoms with Crippen molar-refractivity contribution >= 4 is 23.1 Å². The molecule has 1 saturated heterocycles. The van der Waals surface area contributed by atoms with Gasteiger partial charge in [0.05, 0.1) is 39.0 Å². The van der Waals surface area contributed by atoms with E-state index in [9.17, 15) is 9.59 Å². The van der Waals surface area contributed by atoms with E-state index >= 15 is 0 Å². The summed E-state index contributed by atoms with van der Waals surface area (Å²) in [6.07, 6.45) is 0. The molecule has 6 nitrogen and oxygen atoms in total. The number of carbonyl (C=O) groups is 2. The Morgan fingerprint density at radius 1 is 1.07 bits per heavy atom. The van der Waals surface area contributed by atoms with Crippen LogP contribution in [0.3, 0.4) is 0 Å². The number of ether oxygens (including phenoxy) is 1. The second-order valence-corrected chi connectivity index (χ2v) is 7.16. The molecule has 0 spiro atoms. The lowest BCUT2D eigenvalue weighted by atomic mass is 10.1. The van der Waals surface area contributed by atoms with Crippen LogP contribution in [0.4, 0.5) is 11.4 Å². The summed E-state index contributed by atoms with van der Waals surface area (Å²) < 4.78 is 5.31. The summed E-state index contributed by atoms with van der Waals surface area (Å²) in [5, 5.41) is 2.99. The van der Waals surface area contributed by atoms with Crippen LogP contribution in [0.2, 0.25) is 0 Å². The molecule has 1 fully saturated rings. The van der Waals surface area contributed by atoms with E-state index in [1.165, 1.54) is 4.90 Å². The van der Waals surface area contributed by atoms with Gasteiger partial charge in [-0.3, -0.25) is 9.59 Å². The van der Waals surface area contributed by atoms with Gasteiger partial charge in [-0.15, -0.1) is 0 Å². The van der Waals surface area contributed by atoms with E-state index in [0.717, 1.165) is 37.4 Å². The predicted molar refractivity (Wildman–Crippen MR) is 110 cm³/mol. The second-order valence-electron chi connectivity index (χ2n) is 7.16. The number of hydrogen-bond acceptors (Lipinski definition) is 4. The quantitative estimate of drug-likeness (QED) is 0.746. The molecular formula is C22H28N3O3+. The number of hydrogen-bond donors (Lipinski definition) is 2. The SMILES string of the molecule is COc1ccccc1NC(=O)[C@H](C)[NH+]1CCN(c2ccc(C(C)=O)cc2)CC1. The van der Waals surface area contributed by atoms with Gasteiger partial charge in [0.1, 0.15) is 5.75 Å².